The fourth-order valence-corrected chi connectivity index (χ4v) is 5.27. The minimum atomic E-state index is -4.44. The Morgan fingerprint density at radius 3 is 2.00 bits per heavy atom. The molecule has 0 radical (unpaired) electrons. The van der Waals surface area contributed by atoms with Crippen molar-refractivity contribution in [3.8, 4) is 11.5 Å². The van der Waals surface area contributed by atoms with E-state index >= 15 is 0 Å². The first-order valence-electron chi connectivity index (χ1n) is 12.5. The van der Waals surface area contributed by atoms with Gasteiger partial charge in [-0.15, -0.1) is 10.2 Å². The Morgan fingerprint density at radius 1 is 0.651 bits per heavy atom. The highest BCUT2D eigenvalue weighted by Gasteiger charge is 2.14. The lowest BCUT2D eigenvalue weighted by molar-refractivity contribution is 0.475. The summed E-state index contributed by atoms with van der Waals surface area (Å²) in [6, 6.07) is 21.8. The van der Waals surface area contributed by atoms with E-state index in [-0.39, 0.29) is 45.4 Å². The molecule has 0 bridgehead atoms. The van der Waals surface area contributed by atoms with Gasteiger partial charge in [-0.1, -0.05) is 30.3 Å². The number of fused-ring (bicyclic) bond motifs is 2. The van der Waals surface area contributed by atoms with Crippen LogP contribution in [-0.4, -0.2) is 48.5 Å². The average molecular weight is 622 g/mol. The van der Waals surface area contributed by atoms with E-state index in [0.717, 1.165) is 0 Å². The number of anilines is 1. The maximum absolute atomic E-state index is 11.7. The van der Waals surface area contributed by atoms with Gasteiger partial charge in [-0.25, -0.2) is 0 Å². The molecule has 0 spiro atoms. The third-order valence-electron chi connectivity index (χ3n) is 6.27. The third kappa shape index (κ3) is 7.10. The third-order valence-corrected chi connectivity index (χ3v) is 7.90. The van der Waals surface area contributed by atoms with E-state index in [1.54, 1.807) is 48.5 Å². The van der Waals surface area contributed by atoms with Crippen molar-refractivity contribution >= 4 is 70.2 Å². The normalized spacial score (nSPS) is 12.5. The second-order valence-electron chi connectivity index (χ2n) is 9.29. The summed E-state index contributed by atoms with van der Waals surface area (Å²) in [4.78, 5) is -0.250. The molecule has 0 aliphatic heterocycles. The molecule has 5 rings (SSSR count). The number of azo groups is 2. The first-order valence-corrected chi connectivity index (χ1v) is 15.5. The van der Waals surface area contributed by atoms with Crippen LogP contribution in [0.2, 0.25) is 0 Å². The number of hydrogen-bond donors (Lipinski definition) is 5. The van der Waals surface area contributed by atoms with Gasteiger partial charge in [0, 0.05) is 29.1 Å². The first kappa shape index (κ1) is 29.5. The summed E-state index contributed by atoms with van der Waals surface area (Å²) in [7, 11) is -8.56. The van der Waals surface area contributed by atoms with Crippen LogP contribution in [0.4, 0.5) is 28.4 Å². The minimum Gasteiger partial charge on any atom is -0.506 e. The molecule has 15 heteroatoms. The molecular weight excluding hydrogens is 598 g/mol. The van der Waals surface area contributed by atoms with E-state index < -0.39 is 26.0 Å². The van der Waals surface area contributed by atoms with Crippen LogP contribution < -0.4 is 5.32 Å². The summed E-state index contributed by atoms with van der Waals surface area (Å²) in [6.45, 7) is -0.0312. The highest BCUT2D eigenvalue weighted by atomic mass is 32.2. The highest BCUT2D eigenvalue weighted by molar-refractivity contribution is 7.86. The van der Waals surface area contributed by atoms with Crippen molar-refractivity contribution in [3.63, 3.8) is 0 Å². The van der Waals surface area contributed by atoms with Crippen LogP contribution in [0.5, 0.6) is 11.5 Å². The van der Waals surface area contributed by atoms with Crippen LogP contribution >= 0.6 is 0 Å². The quantitative estimate of drug-likeness (QED) is 0.0865. The van der Waals surface area contributed by atoms with Gasteiger partial charge >= 0.3 is 0 Å². The molecule has 0 aliphatic rings. The van der Waals surface area contributed by atoms with Crippen LogP contribution in [-0.2, 0) is 20.2 Å². The van der Waals surface area contributed by atoms with E-state index in [2.05, 4.69) is 25.8 Å². The summed E-state index contributed by atoms with van der Waals surface area (Å²) in [5, 5.41) is 42.3. The number of phenolic OH excluding ortho intramolecular Hbond substituents is 2. The standard InChI is InChI=1S/C28H23N5O8S2/c34-26-16-21(31-30-20-8-5-17-2-1-3-27(22(17)15-20)43(39,40)41)9-11-24(26)32-33-25-10-6-18-4-7-19(14-23(18)28(25)35)29-12-13-42(36,37)38/h1-11,14-16,29,34-35H,12-13H2,(H,36,37,38)(H,39,40,41). The number of nitrogens with zero attached hydrogens (tertiary/aromatic N) is 4. The van der Waals surface area contributed by atoms with Gasteiger partial charge in [0.05, 0.1) is 17.1 Å². The maximum atomic E-state index is 11.7. The van der Waals surface area contributed by atoms with Crippen molar-refractivity contribution in [2.24, 2.45) is 20.5 Å². The Balaban J connectivity index is 1.34. The molecule has 0 saturated heterocycles. The van der Waals surface area contributed by atoms with Crippen LogP contribution in [0.15, 0.2) is 110 Å². The molecule has 0 fully saturated rings. The number of nitrogens with one attached hydrogen (secondary N) is 1. The molecule has 5 aromatic rings. The molecule has 220 valence electrons. The lowest BCUT2D eigenvalue weighted by Crippen LogP contribution is -2.14. The molecule has 0 aromatic heterocycles. The van der Waals surface area contributed by atoms with Gasteiger partial charge in [-0.05, 0) is 59.3 Å². The van der Waals surface area contributed by atoms with Crippen molar-refractivity contribution in [2.75, 3.05) is 17.6 Å². The van der Waals surface area contributed by atoms with Gasteiger partial charge in [0.25, 0.3) is 20.2 Å². The summed E-state index contributed by atoms with van der Waals surface area (Å²) < 4.78 is 63.7. The summed E-state index contributed by atoms with van der Waals surface area (Å²) in [5.74, 6) is -0.925. The molecule has 0 unspecified atom stereocenters. The molecule has 5 aromatic carbocycles. The van der Waals surface area contributed by atoms with Crippen molar-refractivity contribution < 1.29 is 36.2 Å². The zero-order chi connectivity index (χ0) is 30.8. The van der Waals surface area contributed by atoms with Crippen molar-refractivity contribution in [1.29, 1.82) is 0 Å². The largest absolute Gasteiger partial charge is 0.506 e. The Kier molecular flexibility index (Phi) is 8.06. The molecule has 5 N–H and O–H groups in total. The number of aromatic hydroxyl groups is 2. The molecule has 0 amide bonds. The first-order chi connectivity index (χ1) is 20.4. The molecule has 0 heterocycles. The Morgan fingerprint density at radius 2 is 1.28 bits per heavy atom. The lowest BCUT2D eigenvalue weighted by atomic mass is 10.1. The van der Waals surface area contributed by atoms with E-state index in [4.69, 9.17) is 4.55 Å². The fourth-order valence-electron chi connectivity index (χ4n) is 4.21. The fraction of sp³-hybridized carbons (Fsp3) is 0.0714. The van der Waals surface area contributed by atoms with Gasteiger partial charge in [0.1, 0.15) is 22.0 Å². The number of hydrogen-bond acceptors (Lipinski definition) is 11. The van der Waals surface area contributed by atoms with Crippen molar-refractivity contribution in [2.45, 2.75) is 4.90 Å². The van der Waals surface area contributed by atoms with E-state index in [1.165, 1.54) is 36.4 Å². The maximum Gasteiger partial charge on any atom is 0.295 e. The summed E-state index contributed by atoms with van der Waals surface area (Å²) in [6.07, 6.45) is 0. The van der Waals surface area contributed by atoms with E-state index in [0.29, 0.717) is 27.5 Å². The second kappa shape index (κ2) is 11.7. The summed E-state index contributed by atoms with van der Waals surface area (Å²) >= 11 is 0. The zero-order valence-electron chi connectivity index (χ0n) is 22.0. The summed E-state index contributed by atoms with van der Waals surface area (Å²) in [5.41, 5.74) is 1.30. The van der Waals surface area contributed by atoms with Gasteiger partial charge in [-0.2, -0.15) is 27.1 Å². The van der Waals surface area contributed by atoms with E-state index in [1.807, 2.05) is 0 Å². The lowest BCUT2D eigenvalue weighted by Gasteiger charge is -2.09. The molecule has 0 saturated carbocycles. The number of rotatable bonds is 9. The molecular formula is C28H23N5O8S2. The van der Waals surface area contributed by atoms with Gasteiger partial charge in [-0.3, -0.25) is 9.11 Å². The van der Waals surface area contributed by atoms with Crippen molar-refractivity contribution in [1.82, 2.24) is 0 Å². The van der Waals surface area contributed by atoms with Crippen LogP contribution in [0.25, 0.3) is 21.5 Å². The molecule has 43 heavy (non-hydrogen) atoms. The predicted molar refractivity (Wildman–Crippen MR) is 161 cm³/mol. The van der Waals surface area contributed by atoms with Crippen LogP contribution in [0.3, 0.4) is 0 Å². The smallest absolute Gasteiger partial charge is 0.295 e. The topological polar surface area (TPSA) is 211 Å². The Bertz CT molecular complexity index is 2150. The molecule has 0 atom stereocenters. The predicted octanol–water partition coefficient (Wildman–Crippen LogP) is 6.78. The molecule has 0 aliphatic carbocycles. The Hall–Kier alpha value is -4.96. The number of phenols is 2. The second-order valence-corrected chi connectivity index (χ2v) is 12.3. The van der Waals surface area contributed by atoms with Crippen LogP contribution in [0, 0.1) is 0 Å². The van der Waals surface area contributed by atoms with Crippen molar-refractivity contribution in [3.05, 3.63) is 84.9 Å². The zero-order valence-corrected chi connectivity index (χ0v) is 23.7. The SMILES string of the molecule is O=S(=O)(O)CCNc1ccc2ccc(N=Nc3ccc(N=Nc4ccc5cccc(S(=O)(=O)O)c5c4)cc3O)c(O)c2c1. The van der Waals surface area contributed by atoms with E-state index in [9.17, 15) is 31.6 Å². The Labute approximate surface area is 245 Å². The van der Waals surface area contributed by atoms with Gasteiger partial charge in [0.2, 0.25) is 0 Å². The average Bonchev–Trinajstić information content (AvgIpc) is 2.95. The number of benzene rings is 5. The van der Waals surface area contributed by atoms with Gasteiger partial charge in [0.15, 0.2) is 5.75 Å². The van der Waals surface area contributed by atoms with Crippen LogP contribution in [0.1, 0.15) is 0 Å². The highest BCUT2D eigenvalue weighted by Crippen LogP contribution is 2.38. The minimum absolute atomic E-state index is 0.0312. The molecule has 13 nitrogen and oxygen atoms in total. The monoisotopic (exact) mass is 621 g/mol. The van der Waals surface area contributed by atoms with Gasteiger partial charge < -0.3 is 15.5 Å².